The van der Waals surface area contributed by atoms with Crippen LogP contribution in [0.4, 0.5) is 0 Å². The van der Waals surface area contributed by atoms with Gasteiger partial charge in [-0.05, 0) is 26.2 Å². The van der Waals surface area contributed by atoms with Crippen LogP contribution in [0.1, 0.15) is 56.5 Å². The Morgan fingerprint density at radius 2 is 2.19 bits per heavy atom. The lowest BCUT2D eigenvalue weighted by Gasteiger charge is -2.09. The van der Waals surface area contributed by atoms with Gasteiger partial charge in [0, 0.05) is 5.92 Å². The number of oxazole rings is 1. The van der Waals surface area contributed by atoms with Crippen LogP contribution in [-0.2, 0) is 6.54 Å². The van der Waals surface area contributed by atoms with Crippen LogP contribution in [0, 0.1) is 6.92 Å². The highest BCUT2D eigenvalue weighted by atomic mass is 16.3. The van der Waals surface area contributed by atoms with Gasteiger partial charge < -0.3 is 9.52 Å². The first-order valence-corrected chi connectivity index (χ1v) is 7.72. The molecule has 0 aromatic carbocycles. The zero-order chi connectivity index (χ0) is 14.8. The van der Waals surface area contributed by atoms with E-state index in [1.165, 1.54) is 19.2 Å². The van der Waals surface area contributed by atoms with E-state index in [-0.39, 0.29) is 0 Å². The molecule has 21 heavy (non-hydrogen) atoms. The summed E-state index contributed by atoms with van der Waals surface area (Å²) in [4.78, 5) is 8.82. The van der Waals surface area contributed by atoms with Crippen molar-refractivity contribution in [3.8, 4) is 11.6 Å². The lowest BCUT2D eigenvalue weighted by atomic mass is 10.1. The number of rotatable bonds is 5. The molecule has 1 atom stereocenters. The first-order valence-electron chi connectivity index (χ1n) is 7.72. The first-order chi connectivity index (χ1) is 10.2. The van der Waals surface area contributed by atoms with Crippen LogP contribution in [0.25, 0.3) is 11.6 Å². The maximum absolute atomic E-state index is 9.94. The zero-order valence-electron chi connectivity index (χ0n) is 12.6. The third kappa shape index (κ3) is 2.85. The Bertz CT molecular complexity index is 599. The van der Waals surface area contributed by atoms with Gasteiger partial charge in [0.2, 0.25) is 0 Å². The van der Waals surface area contributed by atoms with Gasteiger partial charge in [0.25, 0.3) is 0 Å². The summed E-state index contributed by atoms with van der Waals surface area (Å²) in [7, 11) is 0. The molecule has 0 radical (unpaired) electrons. The van der Waals surface area contributed by atoms with Gasteiger partial charge in [-0.3, -0.25) is 0 Å². The summed E-state index contributed by atoms with van der Waals surface area (Å²) in [5, 5.41) is 14.6. The number of hydrogen-bond acceptors (Lipinski definition) is 5. The van der Waals surface area contributed by atoms with Gasteiger partial charge in [-0.2, -0.15) is 5.10 Å². The average Bonchev–Trinajstić information content (AvgIpc) is 3.18. The number of aliphatic hydroxyl groups excluding tert-OH is 1. The molecule has 1 saturated carbocycles. The molecule has 6 nitrogen and oxygen atoms in total. The summed E-state index contributed by atoms with van der Waals surface area (Å²) in [6.07, 6.45) is 6.47. The molecule has 1 aliphatic carbocycles. The van der Waals surface area contributed by atoms with Crippen LogP contribution in [0.2, 0.25) is 0 Å². The number of aryl methyl sites for hydroxylation is 1. The Morgan fingerprint density at radius 3 is 2.81 bits per heavy atom. The number of aromatic nitrogens is 4. The maximum atomic E-state index is 9.94. The summed E-state index contributed by atoms with van der Waals surface area (Å²) in [5.41, 5.74) is 0.799. The Kier molecular flexibility index (Phi) is 4.05. The molecular formula is C15H22N4O2. The molecule has 3 rings (SSSR count). The SMILES string of the molecule is CC[C@H](O)Cn1nc(C2CCCC2)nc1-c1ocnc1C. The van der Waals surface area contributed by atoms with E-state index in [9.17, 15) is 5.11 Å². The molecule has 6 heteroatoms. The summed E-state index contributed by atoms with van der Waals surface area (Å²) < 4.78 is 7.24. The second-order valence-electron chi connectivity index (χ2n) is 5.79. The van der Waals surface area contributed by atoms with Crippen molar-refractivity contribution in [1.82, 2.24) is 19.7 Å². The Hall–Kier alpha value is -1.69. The highest BCUT2D eigenvalue weighted by molar-refractivity contribution is 5.49. The van der Waals surface area contributed by atoms with Crippen LogP contribution < -0.4 is 0 Å². The molecule has 2 aromatic rings. The predicted molar refractivity (Wildman–Crippen MR) is 77.8 cm³/mol. The van der Waals surface area contributed by atoms with Crippen molar-refractivity contribution in [2.45, 2.75) is 64.5 Å². The van der Waals surface area contributed by atoms with Crippen LogP contribution >= 0.6 is 0 Å². The second-order valence-corrected chi connectivity index (χ2v) is 5.79. The van der Waals surface area contributed by atoms with Gasteiger partial charge in [0.1, 0.15) is 0 Å². The minimum absolute atomic E-state index is 0.426. The first kappa shape index (κ1) is 14.3. The molecule has 1 fully saturated rings. The summed E-state index contributed by atoms with van der Waals surface area (Å²) in [5.74, 6) is 2.64. The third-order valence-electron chi connectivity index (χ3n) is 4.21. The van der Waals surface area contributed by atoms with Gasteiger partial charge >= 0.3 is 0 Å². The van der Waals surface area contributed by atoms with Crippen molar-refractivity contribution in [3.63, 3.8) is 0 Å². The fourth-order valence-electron chi connectivity index (χ4n) is 2.86. The molecule has 0 saturated heterocycles. The molecule has 0 unspecified atom stereocenters. The van der Waals surface area contributed by atoms with E-state index in [2.05, 4.69) is 15.1 Å². The molecule has 114 valence electrons. The zero-order valence-corrected chi connectivity index (χ0v) is 12.6. The van der Waals surface area contributed by atoms with E-state index in [1.807, 2.05) is 13.8 Å². The van der Waals surface area contributed by atoms with E-state index in [4.69, 9.17) is 4.42 Å². The third-order valence-corrected chi connectivity index (χ3v) is 4.21. The topological polar surface area (TPSA) is 77.0 Å². The number of hydrogen-bond donors (Lipinski definition) is 1. The van der Waals surface area contributed by atoms with Gasteiger partial charge in [0.05, 0.1) is 18.3 Å². The molecule has 0 bridgehead atoms. The largest absolute Gasteiger partial charge is 0.440 e. The fraction of sp³-hybridized carbons (Fsp3) is 0.667. The monoisotopic (exact) mass is 290 g/mol. The Balaban J connectivity index is 1.97. The normalized spacial score (nSPS) is 17.5. The molecule has 1 N–H and O–H groups in total. The van der Waals surface area contributed by atoms with E-state index in [0.717, 1.165) is 24.4 Å². The van der Waals surface area contributed by atoms with Crippen LogP contribution in [0.5, 0.6) is 0 Å². The van der Waals surface area contributed by atoms with Gasteiger partial charge in [-0.15, -0.1) is 0 Å². The maximum Gasteiger partial charge on any atom is 0.196 e. The number of aliphatic hydroxyl groups is 1. The summed E-state index contributed by atoms with van der Waals surface area (Å²) >= 11 is 0. The minimum Gasteiger partial charge on any atom is -0.440 e. The van der Waals surface area contributed by atoms with Gasteiger partial charge in [-0.1, -0.05) is 19.8 Å². The Labute approximate surface area is 124 Å². The minimum atomic E-state index is -0.426. The van der Waals surface area contributed by atoms with Crippen LogP contribution in [-0.4, -0.2) is 31.0 Å². The smallest absolute Gasteiger partial charge is 0.196 e. The number of nitrogens with zero attached hydrogens (tertiary/aromatic N) is 4. The van der Waals surface area contributed by atoms with Crippen molar-refractivity contribution in [3.05, 3.63) is 17.9 Å². The van der Waals surface area contributed by atoms with E-state index >= 15 is 0 Å². The van der Waals surface area contributed by atoms with Crippen LogP contribution in [0.15, 0.2) is 10.8 Å². The summed E-state index contributed by atoms with van der Waals surface area (Å²) in [6, 6.07) is 0. The van der Waals surface area contributed by atoms with Crippen LogP contribution in [0.3, 0.4) is 0 Å². The van der Waals surface area contributed by atoms with Crippen molar-refractivity contribution in [2.24, 2.45) is 0 Å². The van der Waals surface area contributed by atoms with Crippen molar-refractivity contribution < 1.29 is 9.52 Å². The molecule has 2 aromatic heterocycles. The summed E-state index contributed by atoms with van der Waals surface area (Å²) in [6.45, 7) is 4.29. The molecule has 0 spiro atoms. The molecule has 2 heterocycles. The molecule has 0 aliphatic heterocycles. The highest BCUT2D eigenvalue weighted by Crippen LogP contribution is 2.33. The Morgan fingerprint density at radius 1 is 1.43 bits per heavy atom. The fourth-order valence-corrected chi connectivity index (χ4v) is 2.86. The van der Waals surface area contributed by atoms with Crippen molar-refractivity contribution in [2.75, 3.05) is 0 Å². The van der Waals surface area contributed by atoms with Crippen molar-refractivity contribution >= 4 is 0 Å². The van der Waals surface area contributed by atoms with Gasteiger partial charge in [-0.25, -0.2) is 14.6 Å². The molecule has 0 amide bonds. The predicted octanol–water partition coefficient (Wildman–Crippen LogP) is 2.67. The van der Waals surface area contributed by atoms with E-state index < -0.39 is 6.10 Å². The average molecular weight is 290 g/mol. The highest BCUT2D eigenvalue weighted by Gasteiger charge is 2.25. The van der Waals surface area contributed by atoms with Crippen molar-refractivity contribution in [1.29, 1.82) is 0 Å². The van der Waals surface area contributed by atoms with Gasteiger partial charge in [0.15, 0.2) is 23.8 Å². The molecular weight excluding hydrogens is 268 g/mol. The lowest BCUT2D eigenvalue weighted by molar-refractivity contribution is 0.145. The van der Waals surface area contributed by atoms with E-state index in [0.29, 0.717) is 30.5 Å². The lowest BCUT2D eigenvalue weighted by Crippen LogP contribution is -2.17. The quantitative estimate of drug-likeness (QED) is 0.916. The molecule has 1 aliphatic rings. The van der Waals surface area contributed by atoms with E-state index in [1.54, 1.807) is 4.68 Å². The second kappa shape index (κ2) is 5.97. The standard InChI is InChI=1S/C15H22N4O2/c1-3-12(20)8-19-15(13-10(2)16-9-21-13)17-14(18-19)11-6-4-5-7-11/h9,11-12,20H,3-8H2,1-2H3/t12-/m0/s1.